The van der Waals surface area contributed by atoms with Gasteiger partial charge in [-0.05, 0) is 109 Å². The standard InChI is InChI=1S/C43H36/c1-6-30-24-31(20-19-26(30)2)28(4)29(5)32-21-22-37-40(25-32)43(41-23-27(3)33-13-7-8-16-36(33)42(37)41)38-17-11-9-14-34(38)35-15-10-12-18-39(35)43/h6-25,28-29H,1H2,2-5H3. The van der Waals surface area contributed by atoms with E-state index in [0.717, 1.165) is 0 Å². The summed E-state index contributed by atoms with van der Waals surface area (Å²) in [6, 6.07) is 43.9. The lowest BCUT2D eigenvalue weighted by atomic mass is 9.69. The lowest BCUT2D eigenvalue weighted by Gasteiger charge is -2.32. The van der Waals surface area contributed by atoms with E-state index in [9.17, 15) is 0 Å². The van der Waals surface area contributed by atoms with E-state index >= 15 is 0 Å². The highest BCUT2D eigenvalue weighted by atomic mass is 14.5. The van der Waals surface area contributed by atoms with Crippen LogP contribution in [0.25, 0.3) is 39.1 Å². The van der Waals surface area contributed by atoms with Gasteiger partial charge in [0.1, 0.15) is 0 Å². The van der Waals surface area contributed by atoms with Crippen molar-refractivity contribution >= 4 is 16.8 Å². The SMILES string of the molecule is C=Cc1cc(C(C)C(C)c2ccc3c(c2)C2(c4ccccc4-c4ccccc42)c2cc(C)c4ccccc4c2-3)ccc1C. The molecule has 6 aromatic carbocycles. The normalized spacial score (nSPS) is 15.1. The van der Waals surface area contributed by atoms with Crippen molar-refractivity contribution in [3.63, 3.8) is 0 Å². The number of aryl methyl sites for hydroxylation is 2. The lowest BCUT2D eigenvalue weighted by molar-refractivity contribution is 0.621. The second kappa shape index (κ2) is 9.41. The Morgan fingerprint density at radius 3 is 1.79 bits per heavy atom. The number of hydrogen-bond acceptors (Lipinski definition) is 0. The number of benzene rings is 6. The van der Waals surface area contributed by atoms with Crippen LogP contribution in [0, 0.1) is 13.8 Å². The van der Waals surface area contributed by atoms with Gasteiger partial charge in [0.2, 0.25) is 0 Å². The molecule has 1 spiro atoms. The van der Waals surface area contributed by atoms with Crippen LogP contribution in [0.1, 0.15) is 75.8 Å². The zero-order valence-corrected chi connectivity index (χ0v) is 25.4. The second-order valence-electron chi connectivity index (χ2n) is 12.7. The maximum absolute atomic E-state index is 4.06. The fourth-order valence-corrected chi connectivity index (χ4v) is 8.22. The first-order valence-corrected chi connectivity index (χ1v) is 15.5. The fourth-order valence-electron chi connectivity index (χ4n) is 8.22. The maximum atomic E-state index is 4.06. The Hall–Kier alpha value is -4.68. The van der Waals surface area contributed by atoms with Crippen molar-refractivity contribution in [2.45, 2.75) is 44.9 Å². The van der Waals surface area contributed by atoms with Gasteiger partial charge in [0.25, 0.3) is 0 Å². The number of hydrogen-bond donors (Lipinski definition) is 0. The van der Waals surface area contributed by atoms with Gasteiger partial charge in [0, 0.05) is 0 Å². The molecule has 0 heterocycles. The zero-order chi connectivity index (χ0) is 29.5. The highest BCUT2D eigenvalue weighted by Gasteiger charge is 2.52. The van der Waals surface area contributed by atoms with Crippen molar-refractivity contribution < 1.29 is 0 Å². The first-order valence-electron chi connectivity index (χ1n) is 15.5. The molecule has 0 saturated carbocycles. The van der Waals surface area contributed by atoms with Crippen molar-refractivity contribution in [2.24, 2.45) is 0 Å². The van der Waals surface area contributed by atoms with Crippen molar-refractivity contribution in [1.82, 2.24) is 0 Å². The Kier molecular flexibility index (Phi) is 5.69. The van der Waals surface area contributed by atoms with Crippen LogP contribution in [0.15, 0.2) is 122 Å². The fraction of sp³-hybridized carbons (Fsp3) is 0.163. The molecule has 0 saturated heterocycles. The van der Waals surface area contributed by atoms with E-state index in [1.165, 1.54) is 83.1 Å². The smallest absolute Gasteiger partial charge is 0.0725 e. The molecule has 2 aliphatic rings. The van der Waals surface area contributed by atoms with E-state index in [0.29, 0.717) is 11.8 Å². The molecule has 2 unspecified atom stereocenters. The van der Waals surface area contributed by atoms with Gasteiger partial charge in [-0.25, -0.2) is 0 Å². The summed E-state index contributed by atoms with van der Waals surface area (Å²) in [7, 11) is 0. The molecule has 6 aromatic rings. The van der Waals surface area contributed by atoms with Crippen LogP contribution in [0.3, 0.4) is 0 Å². The first-order chi connectivity index (χ1) is 20.9. The Labute approximate surface area is 255 Å². The van der Waals surface area contributed by atoms with E-state index in [-0.39, 0.29) is 5.41 Å². The van der Waals surface area contributed by atoms with Gasteiger partial charge in [0.15, 0.2) is 0 Å². The van der Waals surface area contributed by atoms with Gasteiger partial charge in [-0.15, -0.1) is 0 Å². The maximum Gasteiger partial charge on any atom is 0.0725 e. The van der Waals surface area contributed by atoms with Gasteiger partial charge >= 0.3 is 0 Å². The Morgan fingerprint density at radius 2 is 1.12 bits per heavy atom. The second-order valence-corrected chi connectivity index (χ2v) is 12.7. The van der Waals surface area contributed by atoms with Crippen molar-refractivity contribution in [3.05, 3.63) is 172 Å². The van der Waals surface area contributed by atoms with E-state index in [1.54, 1.807) is 0 Å². The van der Waals surface area contributed by atoms with Crippen LogP contribution < -0.4 is 0 Å². The molecule has 8 rings (SSSR count). The molecule has 0 amide bonds. The molecule has 0 aliphatic heterocycles. The van der Waals surface area contributed by atoms with Gasteiger partial charge in [-0.3, -0.25) is 0 Å². The third-order valence-corrected chi connectivity index (χ3v) is 10.6. The average molecular weight is 553 g/mol. The quantitative estimate of drug-likeness (QED) is 0.204. The Balaban J connectivity index is 1.42. The van der Waals surface area contributed by atoms with E-state index in [1.807, 2.05) is 6.08 Å². The predicted molar refractivity (Wildman–Crippen MR) is 183 cm³/mol. The van der Waals surface area contributed by atoms with Gasteiger partial charge < -0.3 is 0 Å². The molecule has 208 valence electrons. The number of fused-ring (bicyclic) bond motifs is 12. The van der Waals surface area contributed by atoms with Crippen LogP contribution >= 0.6 is 0 Å². The highest BCUT2D eigenvalue weighted by molar-refractivity contribution is 6.07. The summed E-state index contributed by atoms with van der Waals surface area (Å²) in [5.74, 6) is 0.708. The molecule has 0 nitrogen and oxygen atoms in total. The summed E-state index contributed by atoms with van der Waals surface area (Å²) >= 11 is 0. The molecular weight excluding hydrogens is 516 g/mol. The highest BCUT2D eigenvalue weighted by Crippen LogP contribution is 2.64. The molecule has 0 aromatic heterocycles. The van der Waals surface area contributed by atoms with Crippen LogP contribution in [0.4, 0.5) is 0 Å². The molecule has 0 bridgehead atoms. The minimum atomic E-state index is -0.342. The van der Waals surface area contributed by atoms with Crippen LogP contribution in [-0.4, -0.2) is 0 Å². The van der Waals surface area contributed by atoms with Crippen LogP contribution in [0.5, 0.6) is 0 Å². The van der Waals surface area contributed by atoms with Gasteiger partial charge in [-0.2, -0.15) is 0 Å². The molecule has 0 fully saturated rings. The topological polar surface area (TPSA) is 0 Å². The number of rotatable bonds is 4. The molecule has 0 radical (unpaired) electrons. The third kappa shape index (κ3) is 3.44. The summed E-state index contributed by atoms with van der Waals surface area (Å²) < 4.78 is 0. The molecule has 2 atom stereocenters. The van der Waals surface area contributed by atoms with E-state index in [2.05, 4.69) is 150 Å². The Bertz CT molecular complexity index is 2060. The monoisotopic (exact) mass is 552 g/mol. The summed E-state index contributed by atoms with van der Waals surface area (Å²) in [5.41, 5.74) is 17.4. The minimum absolute atomic E-state index is 0.342. The first kappa shape index (κ1) is 26.0. The molecule has 0 heteroatoms. The van der Waals surface area contributed by atoms with Crippen molar-refractivity contribution in [2.75, 3.05) is 0 Å². The summed E-state index contributed by atoms with van der Waals surface area (Å²) in [6.45, 7) is 13.3. The molecule has 2 aliphatic carbocycles. The molecule has 0 N–H and O–H groups in total. The Morgan fingerprint density at radius 1 is 0.535 bits per heavy atom. The van der Waals surface area contributed by atoms with Gasteiger partial charge in [0.05, 0.1) is 5.41 Å². The molecular formula is C43H36. The average Bonchev–Trinajstić information content (AvgIpc) is 3.51. The van der Waals surface area contributed by atoms with Crippen LogP contribution in [0.2, 0.25) is 0 Å². The largest absolute Gasteiger partial charge is 0.0985 e. The van der Waals surface area contributed by atoms with E-state index in [4.69, 9.17) is 0 Å². The predicted octanol–water partition coefficient (Wildman–Crippen LogP) is 11.4. The lowest BCUT2D eigenvalue weighted by Crippen LogP contribution is -2.26. The zero-order valence-electron chi connectivity index (χ0n) is 25.4. The minimum Gasteiger partial charge on any atom is -0.0985 e. The van der Waals surface area contributed by atoms with Crippen molar-refractivity contribution in [3.8, 4) is 22.3 Å². The third-order valence-electron chi connectivity index (χ3n) is 10.6. The van der Waals surface area contributed by atoms with Gasteiger partial charge in [-0.1, -0.05) is 142 Å². The van der Waals surface area contributed by atoms with E-state index < -0.39 is 0 Å². The summed E-state index contributed by atoms with van der Waals surface area (Å²) in [4.78, 5) is 0. The van der Waals surface area contributed by atoms with Crippen molar-refractivity contribution in [1.29, 1.82) is 0 Å². The van der Waals surface area contributed by atoms with Crippen LogP contribution in [-0.2, 0) is 5.41 Å². The summed E-state index contributed by atoms with van der Waals surface area (Å²) in [5, 5.41) is 2.69. The molecule has 43 heavy (non-hydrogen) atoms. The summed E-state index contributed by atoms with van der Waals surface area (Å²) in [6.07, 6.45) is 1.98.